The lowest BCUT2D eigenvalue weighted by molar-refractivity contribution is 0.0693. The molecule has 1 rings (SSSR count). The van der Waals surface area contributed by atoms with Crippen molar-refractivity contribution in [3.05, 3.63) is 29.8 Å². The molecule has 94 valence electrons. The van der Waals surface area contributed by atoms with Gasteiger partial charge in [0, 0.05) is 24.9 Å². The van der Waals surface area contributed by atoms with Gasteiger partial charge in [0.05, 0.1) is 19.8 Å². The van der Waals surface area contributed by atoms with E-state index in [1.807, 2.05) is 0 Å². The fraction of sp³-hybridized carbons (Fsp3) is 0.417. The highest BCUT2D eigenvalue weighted by Crippen LogP contribution is 2.05. The Balaban J connectivity index is 2.21. The van der Waals surface area contributed by atoms with E-state index in [4.69, 9.17) is 15.2 Å². The number of carbonyl (C=O) groups excluding carboxylic acids is 1. The molecular weight excluding hydrogens is 220 g/mol. The van der Waals surface area contributed by atoms with Crippen LogP contribution in [0.5, 0.6) is 0 Å². The lowest BCUT2D eigenvalue weighted by Gasteiger charge is -2.06. The zero-order valence-electron chi connectivity index (χ0n) is 9.94. The van der Waals surface area contributed by atoms with E-state index in [0.717, 1.165) is 0 Å². The van der Waals surface area contributed by atoms with Crippen molar-refractivity contribution in [3.8, 4) is 0 Å². The number of benzene rings is 1. The van der Waals surface area contributed by atoms with Crippen LogP contribution in [-0.4, -0.2) is 39.4 Å². The molecule has 0 saturated heterocycles. The Morgan fingerprint density at radius 2 is 2.18 bits per heavy atom. The van der Waals surface area contributed by atoms with Crippen LogP contribution in [0.2, 0.25) is 0 Å². The SMILES string of the molecule is COCCOCCNC(=O)c1cccc(N)c1. The van der Waals surface area contributed by atoms with E-state index in [-0.39, 0.29) is 5.91 Å². The smallest absolute Gasteiger partial charge is 0.251 e. The maximum Gasteiger partial charge on any atom is 0.251 e. The van der Waals surface area contributed by atoms with E-state index >= 15 is 0 Å². The summed E-state index contributed by atoms with van der Waals surface area (Å²) in [4.78, 5) is 11.6. The Hall–Kier alpha value is -1.59. The second-order valence-corrected chi connectivity index (χ2v) is 3.49. The summed E-state index contributed by atoms with van der Waals surface area (Å²) in [5, 5.41) is 2.74. The maximum atomic E-state index is 11.6. The summed E-state index contributed by atoms with van der Waals surface area (Å²) in [5.41, 5.74) is 6.72. The van der Waals surface area contributed by atoms with E-state index in [1.54, 1.807) is 31.4 Å². The molecule has 0 spiro atoms. The van der Waals surface area contributed by atoms with Crippen LogP contribution in [-0.2, 0) is 9.47 Å². The number of carbonyl (C=O) groups is 1. The first kappa shape index (κ1) is 13.5. The summed E-state index contributed by atoms with van der Waals surface area (Å²) in [6, 6.07) is 6.85. The number of nitrogen functional groups attached to an aromatic ring is 1. The number of methoxy groups -OCH3 is 1. The molecule has 0 saturated carbocycles. The molecule has 0 unspecified atom stereocenters. The monoisotopic (exact) mass is 238 g/mol. The average molecular weight is 238 g/mol. The highest BCUT2D eigenvalue weighted by Gasteiger charge is 2.04. The molecule has 1 aromatic rings. The van der Waals surface area contributed by atoms with Gasteiger partial charge in [0.2, 0.25) is 0 Å². The van der Waals surface area contributed by atoms with Crippen LogP contribution in [0.4, 0.5) is 5.69 Å². The number of ether oxygens (including phenoxy) is 2. The third kappa shape index (κ3) is 5.33. The molecule has 0 atom stereocenters. The molecule has 3 N–H and O–H groups in total. The highest BCUT2D eigenvalue weighted by atomic mass is 16.5. The topological polar surface area (TPSA) is 73.6 Å². The van der Waals surface area contributed by atoms with Crippen molar-refractivity contribution in [1.82, 2.24) is 5.32 Å². The quantitative estimate of drug-likeness (QED) is 0.540. The van der Waals surface area contributed by atoms with Crippen LogP contribution in [0.3, 0.4) is 0 Å². The van der Waals surface area contributed by atoms with Gasteiger partial charge in [-0.3, -0.25) is 4.79 Å². The zero-order valence-corrected chi connectivity index (χ0v) is 9.94. The minimum atomic E-state index is -0.146. The van der Waals surface area contributed by atoms with Gasteiger partial charge in [-0.15, -0.1) is 0 Å². The fourth-order valence-corrected chi connectivity index (χ4v) is 1.26. The minimum absolute atomic E-state index is 0.146. The molecule has 0 aliphatic rings. The van der Waals surface area contributed by atoms with Gasteiger partial charge >= 0.3 is 0 Å². The second kappa shape index (κ2) is 7.65. The number of nitrogens with one attached hydrogen (secondary N) is 1. The van der Waals surface area contributed by atoms with Crippen molar-refractivity contribution in [2.75, 3.05) is 39.2 Å². The van der Waals surface area contributed by atoms with Gasteiger partial charge in [-0.25, -0.2) is 0 Å². The molecule has 1 aromatic carbocycles. The summed E-state index contributed by atoms with van der Waals surface area (Å²) >= 11 is 0. The number of hydrogen-bond donors (Lipinski definition) is 2. The highest BCUT2D eigenvalue weighted by molar-refractivity contribution is 5.94. The van der Waals surface area contributed by atoms with Gasteiger partial charge in [0.25, 0.3) is 5.91 Å². The standard InChI is InChI=1S/C12H18N2O3/c1-16-7-8-17-6-5-14-12(15)10-3-2-4-11(13)9-10/h2-4,9H,5-8,13H2,1H3,(H,14,15). The summed E-state index contributed by atoms with van der Waals surface area (Å²) in [5.74, 6) is -0.146. The van der Waals surface area contributed by atoms with Crippen LogP contribution >= 0.6 is 0 Å². The molecule has 0 radical (unpaired) electrons. The molecule has 0 aliphatic heterocycles. The first-order valence-corrected chi connectivity index (χ1v) is 5.44. The largest absolute Gasteiger partial charge is 0.399 e. The first-order valence-electron chi connectivity index (χ1n) is 5.44. The lowest BCUT2D eigenvalue weighted by Crippen LogP contribution is -2.27. The maximum absolute atomic E-state index is 11.6. The Morgan fingerprint density at radius 1 is 1.35 bits per heavy atom. The van der Waals surface area contributed by atoms with E-state index in [2.05, 4.69) is 5.32 Å². The summed E-state index contributed by atoms with van der Waals surface area (Å²) in [6.07, 6.45) is 0. The van der Waals surface area contributed by atoms with E-state index in [0.29, 0.717) is 37.6 Å². The number of rotatable bonds is 7. The van der Waals surface area contributed by atoms with Gasteiger partial charge in [0.15, 0.2) is 0 Å². The van der Waals surface area contributed by atoms with Crippen LogP contribution in [0, 0.1) is 0 Å². The third-order valence-electron chi connectivity index (χ3n) is 2.11. The normalized spacial score (nSPS) is 10.2. The lowest BCUT2D eigenvalue weighted by atomic mass is 10.2. The molecule has 0 bridgehead atoms. The van der Waals surface area contributed by atoms with Crippen molar-refractivity contribution in [3.63, 3.8) is 0 Å². The van der Waals surface area contributed by atoms with Crippen LogP contribution in [0.1, 0.15) is 10.4 Å². The number of amides is 1. The molecule has 17 heavy (non-hydrogen) atoms. The molecule has 0 heterocycles. The molecule has 1 amide bonds. The van der Waals surface area contributed by atoms with Gasteiger partial charge in [-0.1, -0.05) is 6.07 Å². The Bertz CT molecular complexity index is 355. The summed E-state index contributed by atoms with van der Waals surface area (Å²) < 4.78 is 10.0. The number of nitrogens with two attached hydrogens (primary N) is 1. The number of hydrogen-bond acceptors (Lipinski definition) is 4. The number of anilines is 1. The summed E-state index contributed by atoms with van der Waals surface area (Å²) in [6.45, 7) is 2.03. The molecule has 0 fully saturated rings. The molecule has 0 aromatic heterocycles. The third-order valence-corrected chi connectivity index (χ3v) is 2.11. The van der Waals surface area contributed by atoms with Gasteiger partial charge < -0.3 is 20.5 Å². The first-order chi connectivity index (χ1) is 8.24. The molecule has 5 heteroatoms. The van der Waals surface area contributed by atoms with E-state index in [1.165, 1.54) is 0 Å². The van der Waals surface area contributed by atoms with Crippen LogP contribution in [0.25, 0.3) is 0 Å². The Labute approximate surface area is 101 Å². The predicted molar refractivity (Wildman–Crippen MR) is 65.9 cm³/mol. The molecule has 5 nitrogen and oxygen atoms in total. The van der Waals surface area contributed by atoms with Crippen molar-refractivity contribution in [2.45, 2.75) is 0 Å². The Morgan fingerprint density at radius 3 is 2.88 bits per heavy atom. The fourth-order valence-electron chi connectivity index (χ4n) is 1.26. The van der Waals surface area contributed by atoms with Gasteiger partial charge in [0.1, 0.15) is 0 Å². The average Bonchev–Trinajstić information content (AvgIpc) is 2.33. The van der Waals surface area contributed by atoms with Crippen molar-refractivity contribution in [1.29, 1.82) is 0 Å². The second-order valence-electron chi connectivity index (χ2n) is 3.49. The Kier molecular flexibility index (Phi) is 6.06. The van der Waals surface area contributed by atoms with E-state index < -0.39 is 0 Å². The summed E-state index contributed by atoms with van der Waals surface area (Å²) in [7, 11) is 1.62. The molecular formula is C12H18N2O3. The molecule has 0 aliphatic carbocycles. The van der Waals surface area contributed by atoms with E-state index in [9.17, 15) is 4.79 Å². The van der Waals surface area contributed by atoms with Crippen molar-refractivity contribution in [2.24, 2.45) is 0 Å². The predicted octanol–water partition coefficient (Wildman–Crippen LogP) is 0.662. The van der Waals surface area contributed by atoms with Crippen LogP contribution < -0.4 is 11.1 Å². The van der Waals surface area contributed by atoms with Gasteiger partial charge in [-0.2, -0.15) is 0 Å². The van der Waals surface area contributed by atoms with Crippen LogP contribution in [0.15, 0.2) is 24.3 Å². The van der Waals surface area contributed by atoms with Gasteiger partial charge in [-0.05, 0) is 18.2 Å². The van der Waals surface area contributed by atoms with Crippen molar-refractivity contribution >= 4 is 11.6 Å². The van der Waals surface area contributed by atoms with Crippen molar-refractivity contribution < 1.29 is 14.3 Å². The zero-order chi connectivity index (χ0) is 12.5. The minimum Gasteiger partial charge on any atom is -0.399 e.